The third kappa shape index (κ3) is 4.26. The van der Waals surface area contributed by atoms with Crippen molar-refractivity contribution in [3.63, 3.8) is 0 Å². The van der Waals surface area contributed by atoms with Crippen LogP contribution in [0.5, 0.6) is 0 Å². The smallest absolute Gasteiger partial charge is 0.276 e. The lowest BCUT2D eigenvalue weighted by Crippen LogP contribution is -2.26. The molecule has 0 atom stereocenters. The van der Waals surface area contributed by atoms with Crippen LogP contribution in [0, 0.1) is 6.92 Å². The summed E-state index contributed by atoms with van der Waals surface area (Å²) in [7, 11) is -2.26. The first-order valence-electron chi connectivity index (χ1n) is 8.13. The monoisotopic (exact) mass is 407 g/mol. The molecule has 0 radical (unpaired) electrons. The van der Waals surface area contributed by atoms with Crippen LogP contribution in [-0.2, 0) is 21.4 Å². The Morgan fingerprint density at radius 1 is 1.26 bits per heavy atom. The fraction of sp³-hybridized carbons (Fsp3) is 0.222. The Hall–Kier alpha value is -2.49. The van der Waals surface area contributed by atoms with Gasteiger partial charge in [-0.05, 0) is 24.6 Å². The molecule has 9 heteroatoms. The van der Waals surface area contributed by atoms with Crippen LogP contribution in [-0.4, -0.2) is 30.7 Å². The van der Waals surface area contributed by atoms with E-state index in [9.17, 15) is 13.2 Å². The Bertz CT molecular complexity index is 1060. The molecule has 1 N–H and O–H groups in total. The Kier molecular flexibility index (Phi) is 5.45. The summed E-state index contributed by atoms with van der Waals surface area (Å²) in [6, 6.07) is 12.4. The van der Waals surface area contributed by atoms with E-state index in [0.717, 1.165) is 5.56 Å². The highest BCUT2D eigenvalue weighted by atomic mass is 32.2. The fourth-order valence-corrected chi connectivity index (χ4v) is 4.52. The highest BCUT2D eigenvalue weighted by Gasteiger charge is 2.26. The lowest BCUT2D eigenvalue weighted by atomic mass is 10.2. The molecule has 7 nitrogen and oxygen atoms in total. The highest BCUT2D eigenvalue weighted by molar-refractivity contribution is 7.88. The van der Waals surface area contributed by atoms with Crippen molar-refractivity contribution in [3.8, 4) is 10.6 Å². The zero-order chi connectivity index (χ0) is 19.6. The number of hydrogen-bond acceptors (Lipinski definition) is 6. The SMILES string of the molecule is CC(=O)Nc1nc(C)c(-c2ccc(S(=O)(=O)N(C)Cc3ccccc3)o2)s1.[HH]. The molecule has 0 unspecified atom stereocenters. The first-order chi connectivity index (χ1) is 12.8. The second-order valence-corrected chi connectivity index (χ2v) is 8.96. The van der Waals surface area contributed by atoms with Gasteiger partial charge >= 0.3 is 0 Å². The van der Waals surface area contributed by atoms with Gasteiger partial charge in [0.2, 0.25) is 11.0 Å². The first-order valence-corrected chi connectivity index (χ1v) is 10.4. The van der Waals surface area contributed by atoms with E-state index in [0.29, 0.717) is 21.5 Å². The number of aromatic nitrogens is 1. The molecule has 1 amide bonds. The van der Waals surface area contributed by atoms with Crippen LogP contribution in [0.15, 0.2) is 52.0 Å². The van der Waals surface area contributed by atoms with Gasteiger partial charge in [-0.2, -0.15) is 4.31 Å². The number of sulfonamides is 1. The molecule has 0 saturated carbocycles. The van der Waals surface area contributed by atoms with Crippen molar-refractivity contribution in [1.29, 1.82) is 0 Å². The number of anilines is 1. The van der Waals surface area contributed by atoms with Gasteiger partial charge in [-0.25, -0.2) is 13.4 Å². The molecule has 0 aliphatic rings. The number of nitrogens with one attached hydrogen (secondary N) is 1. The average molecular weight is 408 g/mol. The maximum atomic E-state index is 12.8. The van der Waals surface area contributed by atoms with Gasteiger partial charge in [0.15, 0.2) is 5.13 Å². The molecule has 0 aliphatic heterocycles. The van der Waals surface area contributed by atoms with E-state index in [1.165, 1.54) is 35.7 Å². The molecule has 0 spiro atoms. The summed E-state index contributed by atoms with van der Waals surface area (Å²) in [6.07, 6.45) is 0. The molecule has 0 saturated heterocycles. The normalized spacial score (nSPS) is 11.7. The van der Waals surface area contributed by atoms with Crippen molar-refractivity contribution in [1.82, 2.24) is 9.29 Å². The molecule has 3 rings (SSSR count). The molecule has 27 heavy (non-hydrogen) atoms. The number of amides is 1. The fourth-order valence-electron chi connectivity index (χ4n) is 2.49. The van der Waals surface area contributed by atoms with Gasteiger partial charge in [0.05, 0.1) is 10.6 Å². The molecule has 1 aromatic carbocycles. The summed E-state index contributed by atoms with van der Waals surface area (Å²) < 4.78 is 32.4. The van der Waals surface area contributed by atoms with E-state index in [1.54, 1.807) is 13.0 Å². The van der Waals surface area contributed by atoms with Crippen molar-refractivity contribution in [2.45, 2.75) is 25.5 Å². The molecular formula is C18H21N3O4S2. The summed E-state index contributed by atoms with van der Waals surface area (Å²) in [5.41, 5.74) is 1.54. The summed E-state index contributed by atoms with van der Waals surface area (Å²) in [5.74, 6) is 0.175. The molecule has 0 bridgehead atoms. The summed E-state index contributed by atoms with van der Waals surface area (Å²) >= 11 is 1.23. The number of furan rings is 1. The summed E-state index contributed by atoms with van der Waals surface area (Å²) in [6.45, 7) is 3.41. The zero-order valence-electron chi connectivity index (χ0n) is 15.1. The minimum Gasteiger partial charge on any atom is -0.442 e. The van der Waals surface area contributed by atoms with Crippen LogP contribution in [0.3, 0.4) is 0 Å². The van der Waals surface area contributed by atoms with Gasteiger partial charge in [0, 0.05) is 21.9 Å². The standard InChI is InChI=1S/C18H19N3O4S2.H2/c1-12-17(26-18(19-12)20-13(2)22)15-9-10-16(25-15)27(23,24)21(3)11-14-7-5-4-6-8-14;/h4-10H,11H2,1-3H3,(H,19,20,22);1H. The lowest BCUT2D eigenvalue weighted by Gasteiger charge is -2.15. The Morgan fingerprint density at radius 3 is 2.63 bits per heavy atom. The predicted octanol–water partition coefficient (Wildman–Crippen LogP) is 3.74. The highest BCUT2D eigenvalue weighted by Crippen LogP contribution is 2.35. The minimum atomic E-state index is -3.77. The van der Waals surface area contributed by atoms with Gasteiger partial charge < -0.3 is 9.73 Å². The van der Waals surface area contributed by atoms with Crippen molar-refractivity contribution in [2.75, 3.05) is 12.4 Å². The summed E-state index contributed by atoms with van der Waals surface area (Å²) in [4.78, 5) is 16.1. The third-order valence-corrected chi connectivity index (χ3v) is 6.56. The maximum Gasteiger partial charge on any atom is 0.276 e. The molecular weight excluding hydrogens is 386 g/mol. The minimum absolute atomic E-state index is 0. The number of rotatable bonds is 6. The number of benzene rings is 1. The topological polar surface area (TPSA) is 92.5 Å². The van der Waals surface area contributed by atoms with Crippen LogP contribution in [0.2, 0.25) is 0 Å². The Balaban J connectivity index is 0.00000280. The summed E-state index contributed by atoms with van der Waals surface area (Å²) in [5, 5.41) is 2.93. The average Bonchev–Trinajstić information content (AvgIpc) is 3.22. The van der Waals surface area contributed by atoms with E-state index in [4.69, 9.17) is 4.42 Å². The van der Waals surface area contributed by atoms with Gasteiger partial charge in [0.25, 0.3) is 10.0 Å². The van der Waals surface area contributed by atoms with Crippen LogP contribution >= 0.6 is 11.3 Å². The van der Waals surface area contributed by atoms with E-state index in [1.807, 2.05) is 30.3 Å². The van der Waals surface area contributed by atoms with Crippen LogP contribution in [0.1, 0.15) is 19.6 Å². The van der Waals surface area contributed by atoms with E-state index < -0.39 is 10.0 Å². The lowest BCUT2D eigenvalue weighted by molar-refractivity contribution is -0.114. The Morgan fingerprint density at radius 2 is 1.96 bits per heavy atom. The number of carbonyl (C=O) groups is 1. The third-order valence-electron chi connectivity index (χ3n) is 3.80. The van der Waals surface area contributed by atoms with Gasteiger partial charge in [0.1, 0.15) is 5.76 Å². The maximum absolute atomic E-state index is 12.8. The van der Waals surface area contributed by atoms with Crippen molar-refractivity contribution in [2.24, 2.45) is 0 Å². The Labute approximate surface area is 163 Å². The molecule has 144 valence electrons. The molecule has 0 aliphatic carbocycles. The number of aryl methyl sites for hydroxylation is 1. The van der Waals surface area contributed by atoms with Crippen LogP contribution in [0.4, 0.5) is 5.13 Å². The number of carbonyl (C=O) groups excluding carboxylic acids is 1. The number of hydrogen-bond donors (Lipinski definition) is 1. The molecule has 2 aromatic heterocycles. The predicted molar refractivity (Wildman–Crippen MR) is 106 cm³/mol. The van der Waals surface area contributed by atoms with Gasteiger partial charge in [-0.1, -0.05) is 41.7 Å². The molecule has 2 heterocycles. The zero-order valence-corrected chi connectivity index (χ0v) is 16.7. The van der Waals surface area contributed by atoms with E-state index in [-0.39, 0.29) is 19.0 Å². The quantitative estimate of drug-likeness (QED) is 0.672. The molecule has 3 aromatic rings. The number of nitrogens with zero attached hydrogens (tertiary/aromatic N) is 2. The first kappa shape index (κ1) is 19.3. The van der Waals surface area contributed by atoms with Crippen molar-refractivity contribution < 1.29 is 19.1 Å². The second kappa shape index (κ2) is 7.63. The molecule has 0 fully saturated rings. The van der Waals surface area contributed by atoms with Gasteiger partial charge in [-0.15, -0.1) is 0 Å². The van der Waals surface area contributed by atoms with Crippen molar-refractivity contribution >= 4 is 32.4 Å². The van der Waals surface area contributed by atoms with Crippen LogP contribution in [0.25, 0.3) is 10.6 Å². The second-order valence-electron chi connectivity index (χ2n) is 5.98. The van der Waals surface area contributed by atoms with Crippen LogP contribution < -0.4 is 5.32 Å². The largest absolute Gasteiger partial charge is 0.442 e. The van der Waals surface area contributed by atoms with Gasteiger partial charge in [-0.3, -0.25) is 4.79 Å². The van der Waals surface area contributed by atoms with Crippen molar-refractivity contribution in [3.05, 3.63) is 53.7 Å². The van der Waals surface area contributed by atoms with E-state index in [2.05, 4.69) is 10.3 Å². The van der Waals surface area contributed by atoms with E-state index >= 15 is 0 Å². The number of thiazole rings is 1.